The Hall–Kier alpha value is -1.02. The van der Waals surface area contributed by atoms with Crippen molar-refractivity contribution in [2.45, 2.75) is 46.5 Å². The Morgan fingerprint density at radius 3 is 2.17 bits per heavy atom. The number of rotatable bonds is 7. The maximum atomic E-state index is 5.40. The third-order valence-corrected chi connectivity index (χ3v) is 2.50. The first-order valence-corrected chi connectivity index (χ1v) is 6.93. The van der Waals surface area contributed by atoms with Crippen LogP contribution in [-0.4, -0.2) is 20.3 Å². The van der Waals surface area contributed by atoms with Crippen molar-refractivity contribution in [2.24, 2.45) is 0 Å². The molecule has 0 aromatic heterocycles. The average Bonchev–Trinajstić information content (AvgIpc) is 2.37. The van der Waals surface area contributed by atoms with E-state index in [0.717, 1.165) is 5.75 Å². The van der Waals surface area contributed by atoms with Gasteiger partial charge in [0, 0.05) is 7.11 Å². The molecule has 2 nitrogen and oxygen atoms in total. The van der Waals surface area contributed by atoms with E-state index in [0.29, 0.717) is 13.2 Å². The van der Waals surface area contributed by atoms with Crippen LogP contribution in [-0.2, 0) is 4.74 Å². The fourth-order valence-electron chi connectivity index (χ4n) is 1.45. The molecule has 0 bridgehead atoms. The Morgan fingerprint density at radius 2 is 1.67 bits per heavy atom. The molecular formula is C16H28O2. The molecule has 0 unspecified atom stereocenters. The lowest BCUT2D eigenvalue weighted by atomic mass is 10.2. The topological polar surface area (TPSA) is 18.5 Å². The molecule has 18 heavy (non-hydrogen) atoms. The van der Waals surface area contributed by atoms with Crippen molar-refractivity contribution in [3.63, 3.8) is 0 Å². The van der Waals surface area contributed by atoms with Gasteiger partial charge >= 0.3 is 0 Å². The highest BCUT2D eigenvalue weighted by molar-refractivity contribution is 5.27. The molecule has 0 saturated carbocycles. The van der Waals surface area contributed by atoms with Crippen molar-refractivity contribution in [2.75, 3.05) is 20.3 Å². The van der Waals surface area contributed by atoms with Crippen LogP contribution < -0.4 is 4.74 Å². The van der Waals surface area contributed by atoms with E-state index in [-0.39, 0.29) is 0 Å². The number of hydrogen-bond acceptors (Lipinski definition) is 2. The molecule has 1 aromatic carbocycles. The molecule has 0 amide bonds. The maximum absolute atomic E-state index is 5.40. The number of benzene rings is 1. The fraction of sp³-hybridized carbons (Fsp3) is 0.625. The van der Waals surface area contributed by atoms with Crippen LogP contribution in [0.25, 0.3) is 0 Å². The summed E-state index contributed by atoms with van der Waals surface area (Å²) in [6, 6.07) is 7.99. The molecule has 0 aliphatic carbocycles. The van der Waals surface area contributed by atoms with Crippen molar-refractivity contribution in [1.29, 1.82) is 0 Å². The Kier molecular flexibility index (Phi) is 11.7. The summed E-state index contributed by atoms with van der Waals surface area (Å²) in [6.07, 6.45) is 5.54. The molecule has 2 heteroatoms. The summed E-state index contributed by atoms with van der Waals surface area (Å²) in [5, 5.41) is 0. The van der Waals surface area contributed by atoms with Crippen LogP contribution in [0.3, 0.4) is 0 Å². The molecule has 1 rings (SSSR count). The van der Waals surface area contributed by atoms with Gasteiger partial charge in [0.05, 0.1) is 6.61 Å². The minimum Gasteiger partial charge on any atom is -0.491 e. The van der Waals surface area contributed by atoms with Crippen molar-refractivity contribution in [3.05, 3.63) is 29.8 Å². The normalized spacial score (nSPS) is 9.56. The largest absolute Gasteiger partial charge is 0.491 e. The molecule has 0 spiro atoms. The summed E-state index contributed by atoms with van der Waals surface area (Å²) < 4.78 is 10.3. The third-order valence-electron chi connectivity index (χ3n) is 2.50. The molecule has 0 N–H and O–H groups in total. The van der Waals surface area contributed by atoms with Crippen LogP contribution in [0.1, 0.15) is 45.1 Å². The van der Waals surface area contributed by atoms with Gasteiger partial charge in [0.25, 0.3) is 0 Å². The predicted molar refractivity (Wildman–Crippen MR) is 78.4 cm³/mol. The van der Waals surface area contributed by atoms with Gasteiger partial charge in [-0.15, -0.1) is 0 Å². The van der Waals surface area contributed by atoms with Crippen LogP contribution >= 0.6 is 0 Å². The van der Waals surface area contributed by atoms with E-state index in [1.807, 2.05) is 31.2 Å². The van der Waals surface area contributed by atoms with Gasteiger partial charge in [0.15, 0.2) is 0 Å². The molecule has 0 aliphatic rings. The first kappa shape index (κ1) is 17.0. The SMILES string of the molecule is CCCCCC.COCCOc1cccc(C)c1. The van der Waals surface area contributed by atoms with E-state index in [9.17, 15) is 0 Å². The summed E-state index contributed by atoms with van der Waals surface area (Å²) in [6.45, 7) is 7.75. The highest BCUT2D eigenvalue weighted by Crippen LogP contribution is 2.11. The highest BCUT2D eigenvalue weighted by Gasteiger charge is 1.92. The monoisotopic (exact) mass is 252 g/mol. The molecule has 0 aliphatic heterocycles. The molecule has 104 valence electrons. The van der Waals surface area contributed by atoms with E-state index in [1.54, 1.807) is 7.11 Å². The summed E-state index contributed by atoms with van der Waals surface area (Å²) in [4.78, 5) is 0. The number of hydrogen-bond donors (Lipinski definition) is 0. The van der Waals surface area contributed by atoms with Gasteiger partial charge in [-0.25, -0.2) is 0 Å². The third kappa shape index (κ3) is 10.2. The molecule has 0 radical (unpaired) electrons. The molecule has 0 fully saturated rings. The van der Waals surface area contributed by atoms with E-state index in [2.05, 4.69) is 13.8 Å². The standard InChI is InChI=1S/C10H14O2.C6H14/c1-9-4-3-5-10(8-9)12-7-6-11-2;1-3-5-6-4-2/h3-5,8H,6-7H2,1-2H3;3-6H2,1-2H3. The van der Waals surface area contributed by atoms with Crippen molar-refractivity contribution >= 4 is 0 Å². The number of aryl methyl sites for hydroxylation is 1. The van der Waals surface area contributed by atoms with Gasteiger partial charge in [0.2, 0.25) is 0 Å². The second-order valence-electron chi connectivity index (χ2n) is 4.36. The van der Waals surface area contributed by atoms with Crippen molar-refractivity contribution < 1.29 is 9.47 Å². The van der Waals surface area contributed by atoms with Crippen LogP contribution in [0.5, 0.6) is 5.75 Å². The Morgan fingerprint density at radius 1 is 1.00 bits per heavy atom. The Bertz CT molecular complexity index is 280. The van der Waals surface area contributed by atoms with E-state index in [1.165, 1.54) is 31.2 Å². The summed E-state index contributed by atoms with van der Waals surface area (Å²) >= 11 is 0. The zero-order chi connectivity index (χ0) is 13.6. The van der Waals surface area contributed by atoms with Gasteiger partial charge in [0.1, 0.15) is 12.4 Å². The average molecular weight is 252 g/mol. The second-order valence-corrected chi connectivity index (χ2v) is 4.36. The quantitative estimate of drug-likeness (QED) is 0.660. The van der Waals surface area contributed by atoms with Crippen LogP contribution in [0.2, 0.25) is 0 Å². The first-order chi connectivity index (χ1) is 8.74. The number of ether oxygens (including phenoxy) is 2. The summed E-state index contributed by atoms with van der Waals surface area (Å²) in [7, 11) is 1.67. The lowest BCUT2D eigenvalue weighted by Crippen LogP contribution is -2.03. The van der Waals surface area contributed by atoms with E-state index < -0.39 is 0 Å². The summed E-state index contributed by atoms with van der Waals surface area (Å²) in [5.41, 5.74) is 1.21. The molecule has 0 heterocycles. The predicted octanol–water partition coefficient (Wildman–Crippen LogP) is 4.61. The van der Waals surface area contributed by atoms with Crippen molar-refractivity contribution in [1.82, 2.24) is 0 Å². The smallest absolute Gasteiger partial charge is 0.119 e. The number of unbranched alkanes of at least 4 members (excludes halogenated alkanes) is 3. The van der Waals surface area contributed by atoms with Gasteiger partial charge in [-0.05, 0) is 24.6 Å². The Balaban J connectivity index is 0.000000411. The zero-order valence-electron chi connectivity index (χ0n) is 12.4. The minimum atomic E-state index is 0.611. The van der Waals surface area contributed by atoms with Crippen LogP contribution in [0, 0.1) is 6.92 Å². The molecule has 0 atom stereocenters. The molecular weight excluding hydrogens is 224 g/mol. The van der Waals surface area contributed by atoms with Gasteiger partial charge in [-0.3, -0.25) is 0 Å². The van der Waals surface area contributed by atoms with Gasteiger partial charge in [-0.2, -0.15) is 0 Å². The van der Waals surface area contributed by atoms with Crippen molar-refractivity contribution in [3.8, 4) is 5.75 Å². The van der Waals surface area contributed by atoms with Gasteiger partial charge in [-0.1, -0.05) is 51.7 Å². The summed E-state index contributed by atoms with van der Waals surface area (Å²) in [5.74, 6) is 0.909. The Labute approximate surface area is 112 Å². The van der Waals surface area contributed by atoms with Crippen LogP contribution in [0.4, 0.5) is 0 Å². The fourth-order valence-corrected chi connectivity index (χ4v) is 1.45. The lowest BCUT2D eigenvalue weighted by Gasteiger charge is -2.05. The van der Waals surface area contributed by atoms with E-state index >= 15 is 0 Å². The second kappa shape index (κ2) is 12.4. The zero-order valence-corrected chi connectivity index (χ0v) is 12.4. The maximum Gasteiger partial charge on any atom is 0.119 e. The number of methoxy groups -OCH3 is 1. The van der Waals surface area contributed by atoms with Crippen LogP contribution in [0.15, 0.2) is 24.3 Å². The molecule has 1 aromatic rings. The van der Waals surface area contributed by atoms with Gasteiger partial charge < -0.3 is 9.47 Å². The van der Waals surface area contributed by atoms with E-state index in [4.69, 9.17) is 9.47 Å². The highest BCUT2D eigenvalue weighted by atomic mass is 16.5. The minimum absolute atomic E-state index is 0.611. The lowest BCUT2D eigenvalue weighted by molar-refractivity contribution is 0.146. The first-order valence-electron chi connectivity index (χ1n) is 6.93. The molecule has 0 saturated heterocycles.